The Balaban J connectivity index is 2.24. The number of rotatable bonds is 3. The van der Waals surface area contributed by atoms with Gasteiger partial charge in [0.15, 0.2) is 0 Å². The van der Waals surface area contributed by atoms with Gasteiger partial charge in [0.2, 0.25) is 0 Å². The molecule has 4 nitrogen and oxygen atoms in total. The van der Waals surface area contributed by atoms with Crippen molar-refractivity contribution in [2.24, 2.45) is 0 Å². The van der Waals surface area contributed by atoms with E-state index in [0.717, 1.165) is 17.1 Å². The fourth-order valence-corrected chi connectivity index (χ4v) is 1.56. The van der Waals surface area contributed by atoms with E-state index in [1.807, 2.05) is 18.2 Å². The topological polar surface area (TPSA) is 39.7 Å². The van der Waals surface area contributed by atoms with Crippen LogP contribution in [0.15, 0.2) is 18.2 Å². The van der Waals surface area contributed by atoms with Gasteiger partial charge in [0.25, 0.3) is 0 Å². The van der Waals surface area contributed by atoms with Crippen LogP contribution in [0.25, 0.3) is 0 Å². The number of hydroxylamine groups is 1. The quantitative estimate of drug-likeness (QED) is 0.737. The van der Waals surface area contributed by atoms with Gasteiger partial charge in [0.1, 0.15) is 18.1 Å². The van der Waals surface area contributed by atoms with Crippen molar-refractivity contribution in [3.63, 3.8) is 0 Å². The highest BCUT2D eigenvalue weighted by Gasteiger charge is 2.24. The number of benzene rings is 1. The maximum Gasteiger partial charge on any atom is 0.128 e. The summed E-state index contributed by atoms with van der Waals surface area (Å²) in [4.78, 5) is 4.88. The van der Waals surface area contributed by atoms with Gasteiger partial charge in [-0.3, -0.25) is 0 Å². The molecule has 0 fully saturated rings. The first kappa shape index (κ1) is 9.30. The van der Waals surface area contributed by atoms with Crippen LogP contribution in [-0.2, 0) is 4.84 Å². The van der Waals surface area contributed by atoms with Crippen molar-refractivity contribution in [1.82, 2.24) is 5.48 Å². The minimum atomic E-state index is 0.112. The third kappa shape index (κ3) is 1.54. The molecule has 1 aromatic rings. The van der Waals surface area contributed by atoms with Crippen LogP contribution in [0.4, 0.5) is 0 Å². The zero-order valence-corrected chi connectivity index (χ0v) is 8.24. The molecule has 1 heterocycles. The third-order valence-corrected chi connectivity index (χ3v) is 2.26. The van der Waals surface area contributed by atoms with E-state index in [1.165, 1.54) is 0 Å². The number of hydrogen-bond donors (Lipinski definition) is 1. The lowest BCUT2D eigenvalue weighted by molar-refractivity contribution is 0.0536. The summed E-state index contributed by atoms with van der Waals surface area (Å²) >= 11 is 0. The van der Waals surface area contributed by atoms with Gasteiger partial charge in [0.05, 0.1) is 20.3 Å². The van der Waals surface area contributed by atoms with Gasteiger partial charge >= 0.3 is 0 Å². The molecule has 0 amide bonds. The molecule has 0 aromatic heterocycles. The summed E-state index contributed by atoms with van der Waals surface area (Å²) in [6.07, 6.45) is 0. The van der Waals surface area contributed by atoms with Crippen molar-refractivity contribution in [1.29, 1.82) is 0 Å². The van der Waals surface area contributed by atoms with E-state index in [-0.39, 0.29) is 6.04 Å². The second kappa shape index (κ2) is 3.86. The van der Waals surface area contributed by atoms with Crippen molar-refractivity contribution in [2.75, 3.05) is 20.8 Å². The molecule has 1 N–H and O–H groups in total. The first-order valence-electron chi connectivity index (χ1n) is 4.44. The lowest BCUT2D eigenvalue weighted by Crippen LogP contribution is -2.20. The molecule has 1 aromatic carbocycles. The summed E-state index contributed by atoms with van der Waals surface area (Å²) < 4.78 is 10.6. The molecule has 1 unspecified atom stereocenters. The maximum absolute atomic E-state index is 5.48. The fraction of sp³-hybridized carbons (Fsp3) is 0.400. The molecular weight excluding hydrogens is 182 g/mol. The normalized spacial score (nSPS) is 18.9. The molecule has 1 aliphatic heterocycles. The van der Waals surface area contributed by atoms with Crippen molar-refractivity contribution in [2.45, 2.75) is 6.04 Å². The monoisotopic (exact) mass is 195 g/mol. The van der Waals surface area contributed by atoms with Crippen LogP contribution in [0.2, 0.25) is 0 Å². The van der Waals surface area contributed by atoms with E-state index < -0.39 is 0 Å². The van der Waals surface area contributed by atoms with Gasteiger partial charge in [-0.15, -0.1) is 0 Å². The molecule has 76 valence electrons. The van der Waals surface area contributed by atoms with E-state index in [2.05, 4.69) is 5.48 Å². The van der Waals surface area contributed by atoms with E-state index in [1.54, 1.807) is 14.2 Å². The second-order valence-electron chi connectivity index (χ2n) is 3.09. The number of methoxy groups -OCH3 is 1. The Hall–Kier alpha value is -1.26. The van der Waals surface area contributed by atoms with Crippen molar-refractivity contribution in [3.05, 3.63) is 23.8 Å². The lowest BCUT2D eigenvalue weighted by Gasteiger charge is -2.08. The van der Waals surface area contributed by atoms with Crippen LogP contribution in [0.5, 0.6) is 11.5 Å². The van der Waals surface area contributed by atoms with Crippen LogP contribution >= 0.6 is 0 Å². The first-order valence-corrected chi connectivity index (χ1v) is 4.44. The van der Waals surface area contributed by atoms with Gasteiger partial charge < -0.3 is 14.3 Å². The highest BCUT2D eigenvalue weighted by Crippen LogP contribution is 2.34. The van der Waals surface area contributed by atoms with Crippen molar-refractivity contribution in [3.8, 4) is 11.5 Å². The standard InChI is InChI=1S/C10H13NO3/c1-12-7-3-4-8-9(11-13-2)6-14-10(8)5-7/h3-5,9,11H,6H2,1-2H3. The summed E-state index contributed by atoms with van der Waals surface area (Å²) in [6, 6.07) is 5.89. The van der Waals surface area contributed by atoms with Gasteiger partial charge in [0, 0.05) is 11.6 Å². The average molecular weight is 195 g/mol. The van der Waals surface area contributed by atoms with Gasteiger partial charge in [-0.05, 0) is 12.1 Å². The highest BCUT2D eigenvalue weighted by molar-refractivity contribution is 5.44. The van der Waals surface area contributed by atoms with Gasteiger partial charge in [-0.25, -0.2) is 0 Å². The zero-order valence-electron chi connectivity index (χ0n) is 8.24. The first-order chi connectivity index (χ1) is 6.85. The Morgan fingerprint density at radius 3 is 3.00 bits per heavy atom. The number of fused-ring (bicyclic) bond motifs is 1. The predicted molar refractivity (Wildman–Crippen MR) is 51.4 cm³/mol. The van der Waals surface area contributed by atoms with Crippen LogP contribution in [0.3, 0.4) is 0 Å². The molecule has 2 rings (SSSR count). The van der Waals surface area contributed by atoms with E-state index in [0.29, 0.717) is 6.61 Å². The van der Waals surface area contributed by atoms with E-state index in [4.69, 9.17) is 14.3 Å². The van der Waals surface area contributed by atoms with Crippen molar-refractivity contribution >= 4 is 0 Å². The summed E-state index contributed by atoms with van der Waals surface area (Å²) in [7, 11) is 3.24. The summed E-state index contributed by atoms with van der Waals surface area (Å²) in [5.41, 5.74) is 3.98. The fourth-order valence-electron chi connectivity index (χ4n) is 1.56. The lowest BCUT2D eigenvalue weighted by atomic mass is 10.1. The Labute approximate surface area is 82.7 Å². The Bertz CT molecular complexity index is 327. The SMILES string of the molecule is CONC1COc2cc(OC)ccc21. The molecule has 14 heavy (non-hydrogen) atoms. The summed E-state index contributed by atoms with van der Waals surface area (Å²) in [5, 5.41) is 0. The molecule has 1 aliphatic rings. The highest BCUT2D eigenvalue weighted by atomic mass is 16.6. The van der Waals surface area contributed by atoms with Crippen LogP contribution in [0.1, 0.15) is 11.6 Å². The second-order valence-corrected chi connectivity index (χ2v) is 3.09. The number of nitrogens with one attached hydrogen (secondary N) is 1. The van der Waals surface area contributed by atoms with Crippen LogP contribution in [0, 0.1) is 0 Å². The van der Waals surface area contributed by atoms with E-state index in [9.17, 15) is 0 Å². The maximum atomic E-state index is 5.48. The number of hydrogen-bond acceptors (Lipinski definition) is 4. The Morgan fingerprint density at radius 2 is 2.29 bits per heavy atom. The molecular formula is C10H13NO3. The Morgan fingerprint density at radius 1 is 1.43 bits per heavy atom. The van der Waals surface area contributed by atoms with Gasteiger partial charge in [-0.2, -0.15) is 5.48 Å². The summed E-state index contributed by atoms with van der Waals surface area (Å²) in [5.74, 6) is 1.67. The molecule has 0 aliphatic carbocycles. The minimum Gasteiger partial charge on any atom is -0.497 e. The largest absolute Gasteiger partial charge is 0.497 e. The van der Waals surface area contributed by atoms with E-state index >= 15 is 0 Å². The minimum absolute atomic E-state index is 0.112. The smallest absolute Gasteiger partial charge is 0.128 e. The molecule has 0 radical (unpaired) electrons. The third-order valence-electron chi connectivity index (χ3n) is 2.26. The average Bonchev–Trinajstić information content (AvgIpc) is 2.61. The molecule has 0 saturated carbocycles. The molecule has 0 bridgehead atoms. The zero-order chi connectivity index (χ0) is 9.97. The molecule has 0 saturated heterocycles. The predicted octanol–water partition coefficient (Wildman–Crippen LogP) is 1.28. The van der Waals surface area contributed by atoms with Crippen LogP contribution < -0.4 is 15.0 Å². The van der Waals surface area contributed by atoms with Crippen molar-refractivity contribution < 1.29 is 14.3 Å². The molecule has 1 atom stereocenters. The number of ether oxygens (including phenoxy) is 2. The Kier molecular flexibility index (Phi) is 2.56. The van der Waals surface area contributed by atoms with Crippen LogP contribution in [-0.4, -0.2) is 20.8 Å². The van der Waals surface area contributed by atoms with Gasteiger partial charge in [-0.1, -0.05) is 0 Å². The summed E-state index contributed by atoms with van der Waals surface area (Å²) in [6.45, 7) is 0.594. The molecule has 4 heteroatoms. The molecule has 0 spiro atoms.